The van der Waals surface area contributed by atoms with Gasteiger partial charge in [0.05, 0.1) is 19.2 Å². The SMILES string of the molecule is CCC(=O)O.CCCCCCc1c(CC)ccc(C2(OC)OC3=NC(CN3)O2)c1OC. The molecule has 0 aromatic heterocycles. The van der Waals surface area contributed by atoms with Crippen LogP contribution in [-0.2, 0) is 37.8 Å². The summed E-state index contributed by atoms with van der Waals surface area (Å²) in [6, 6.07) is 4.57. The van der Waals surface area contributed by atoms with Gasteiger partial charge in [-0.2, -0.15) is 0 Å². The van der Waals surface area contributed by atoms with E-state index in [1.54, 1.807) is 21.1 Å². The second kappa shape index (κ2) is 11.9. The normalized spacial score (nSPS) is 21.3. The monoisotopic (exact) mass is 436 g/mol. The molecule has 0 saturated heterocycles. The van der Waals surface area contributed by atoms with E-state index in [9.17, 15) is 4.79 Å². The molecular weight excluding hydrogens is 400 g/mol. The maximum absolute atomic E-state index is 9.37. The van der Waals surface area contributed by atoms with Gasteiger partial charge >= 0.3 is 11.9 Å². The Morgan fingerprint density at radius 2 is 2.00 bits per heavy atom. The molecule has 2 aliphatic heterocycles. The van der Waals surface area contributed by atoms with Crippen LogP contribution < -0.4 is 10.1 Å². The summed E-state index contributed by atoms with van der Waals surface area (Å²) in [4.78, 5) is 13.7. The highest BCUT2D eigenvalue weighted by Crippen LogP contribution is 2.42. The fraction of sp³-hybridized carbons (Fsp3) is 0.652. The van der Waals surface area contributed by atoms with Crippen LogP contribution in [0.1, 0.15) is 69.6 Å². The van der Waals surface area contributed by atoms with Crippen molar-refractivity contribution in [3.8, 4) is 5.75 Å². The van der Waals surface area contributed by atoms with Crippen molar-refractivity contribution in [2.75, 3.05) is 20.8 Å². The quantitative estimate of drug-likeness (QED) is 0.536. The Bertz CT molecular complexity index is 767. The van der Waals surface area contributed by atoms with Gasteiger partial charge in [0, 0.05) is 13.5 Å². The fourth-order valence-electron chi connectivity index (χ4n) is 3.65. The second-order valence-corrected chi connectivity index (χ2v) is 7.45. The number of nitrogens with zero attached hydrogens (tertiary/aromatic N) is 1. The Kier molecular flexibility index (Phi) is 9.58. The van der Waals surface area contributed by atoms with E-state index < -0.39 is 11.9 Å². The lowest BCUT2D eigenvalue weighted by Crippen LogP contribution is -2.42. The largest absolute Gasteiger partial charge is 0.496 e. The number of methoxy groups -OCH3 is 2. The molecule has 0 radical (unpaired) electrons. The minimum Gasteiger partial charge on any atom is -0.496 e. The van der Waals surface area contributed by atoms with Crippen LogP contribution in [0.3, 0.4) is 0 Å². The molecule has 3 rings (SSSR count). The zero-order valence-electron chi connectivity index (χ0n) is 19.3. The number of rotatable bonds is 10. The van der Waals surface area contributed by atoms with Gasteiger partial charge in [-0.3, -0.25) is 9.53 Å². The topological polar surface area (TPSA) is 98.6 Å². The first kappa shape index (κ1) is 24.9. The molecule has 2 aliphatic rings. The lowest BCUT2D eigenvalue weighted by molar-refractivity contribution is -0.371. The highest BCUT2D eigenvalue weighted by atomic mass is 16.9. The van der Waals surface area contributed by atoms with E-state index in [2.05, 4.69) is 30.2 Å². The summed E-state index contributed by atoms with van der Waals surface area (Å²) < 4.78 is 23.5. The molecule has 8 heteroatoms. The highest BCUT2D eigenvalue weighted by molar-refractivity contribution is 5.76. The Labute approximate surface area is 184 Å². The molecule has 0 saturated carbocycles. The van der Waals surface area contributed by atoms with Crippen molar-refractivity contribution in [2.45, 2.75) is 77.9 Å². The molecule has 0 fully saturated rings. The lowest BCUT2D eigenvalue weighted by atomic mass is 9.94. The zero-order valence-corrected chi connectivity index (χ0v) is 19.3. The summed E-state index contributed by atoms with van der Waals surface area (Å²) >= 11 is 0. The van der Waals surface area contributed by atoms with Gasteiger partial charge in [0.1, 0.15) is 5.75 Å². The lowest BCUT2D eigenvalue weighted by Gasteiger charge is -2.35. The van der Waals surface area contributed by atoms with Gasteiger partial charge in [-0.1, -0.05) is 46.1 Å². The number of ether oxygens (including phenoxy) is 4. The van der Waals surface area contributed by atoms with Crippen LogP contribution in [0.5, 0.6) is 5.75 Å². The van der Waals surface area contributed by atoms with Crippen LogP contribution in [0.4, 0.5) is 0 Å². The number of fused-ring (bicyclic) bond motifs is 1. The second-order valence-electron chi connectivity index (χ2n) is 7.45. The van der Waals surface area contributed by atoms with E-state index in [0.29, 0.717) is 12.6 Å². The van der Waals surface area contributed by atoms with Gasteiger partial charge in [0.25, 0.3) is 6.02 Å². The molecule has 0 spiro atoms. The van der Waals surface area contributed by atoms with Crippen LogP contribution in [0.25, 0.3) is 0 Å². The summed E-state index contributed by atoms with van der Waals surface area (Å²) in [7, 11) is 3.28. The standard InChI is InChI=1S/C20H30N2O4.C3H6O2/c1-5-7-8-9-10-15-14(6-2)11-12-16(18(15)23-3)20(24-4)25-17-13-21-19(22-17)26-20;1-2-3(4)5/h11-12,17H,5-10,13H2,1-4H3,(H,21,22);2H2,1H3,(H,4,5). The molecule has 8 nitrogen and oxygen atoms in total. The predicted molar refractivity (Wildman–Crippen MR) is 118 cm³/mol. The maximum atomic E-state index is 9.37. The molecular formula is C23H36N2O6. The van der Waals surface area contributed by atoms with Gasteiger partial charge in [-0.25, -0.2) is 4.99 Å². The number of aliphatic carboxylic acids is 1. The first-order valence-corrected chi connectivity index (χ1v) is 11.1. The van der Waals surface area contributed by atoms with E-state index in [-0.39, 0.29) is 12.6 Å². The average molecular weight is 437 g/mol. The molecule has 2 N–H and O–H groups in total. The van der Waals surface area contributed by atoms with Crippen LogP contribution >= 0.6 is 0 Å². The number of carboxylic acids is 1. The number of aliphatic imine (C=N–C) groups is 1. The molecule has 2 atom stereocenters. The maximum Gasteiger partial charge on any atom is 0.364 e. The zero-order chi connectivity index (χ0) is 22.9. The van der Waals surface area contributed by atoms with Crippen LogP contribution in [-0.4, -0.2) is 44.1 Å². The molecule has 2 heterocycles. The fourth-order valence-corrected chi connectivity index (χ4v) is 3.65. The number of hydrogen-bond donors (Lipinski definition) is 2. The first-order valence-electron chi connectivity index (χ1n) is 11.1. The van der Waals surface area contributed by atoms with Gasteiger partial charge in [0.2, 0.25) is 0 Å². The predicted octanol–water partition coefficient (Wildman–Crippen LogP) is 3.95. The van der Waals surface area contributed by atoms with Crippen molar-refractivity contribution in [1.82, 2.24) is 5.32 Å². The van der Waals surface area contributed by atoms with E-state index >= 15 is 0 Å². The van der Waals surface area contributed by atoms with Crippen LogP contribution in [0.15, 0.2) is 17.1 Å². The number of carbonyl (C=O) groups is 1. The smallest absolute Gasteiger partial charge is 0.364 e. The Morgan fingerprint density at radius 3 is 2.55 bits per heavy atom. The number of carboxylic acid groups (broad SMARTS) is 1. The summed E-state index contributed by atoms with van der Waals surface area (Å²) in [5.41, 5.74) is 3.27. The Morgan fingerprint density at radius 1 is 1.26 bits per heavy atom. The van der Waals surface area contributed by atoms with E-state index in [0.717, 1.165) is 30.6 Å². The third-order valence-electron chi connectivity index (χ3n) is 5.34. The Hall–Kier alpha value is -2.32. The minimum atomic E-state index is -1.33. The highest BCUT2D eigenvalue weighted by Gasteiger charge is 2.48. The molecule has 2 unspecified atom stereocenters. The number of unbranched alkanes of at least 4 members (excludes halogenated alkanes) is 3. The van der Waals surface area contributed by atoms with E-state index in [1.807, 2.05) is 6.07 Å². The number of benzene rings is 1. The van der Waals surface area contributed by atoms with Crippen molar-refractivity contribution in [2.24, 2.45) is 4.99 Å². The summed E-state index contributed by atoms with van der Waals surface area (Å²) in [5, 5.41) is 10.8. The van der Waals surface area contributed by atoms with Gasteiger partial charge in [0.15, 0.2) is 6.23 Å². The van der Waals surface area contributed by atoms with Gasteiger partial charge in [-0.15, -0.1) is 0 Å². The van der Waals surface area contributed by atoms with Crippen LogP contribution in [0.2, 0.25) is 0 Å². The molecule has 31 heavy (non-hydrogen) atoms. The van der Waals surface area contributed by atoms with Gasteiger partial charge < -0.3 is 24.6 Å². The molecule has 1 aromatic rings. The number of nitrogens with one attached hydrogen (secondary N) is 1. The molecule has 174 valence electrons. The Balaban J connectivity index is 0.000000614. The van der Waals surface area contributed by atoms with Crippen molar-refractivity contribution in [3.05, 3.63) is 28.8 Å². The van der Waals surface area contributed by atoms with Crippen molar-refractivity contribution >= 4 is 12.0 Å². The average Bonchev–Trinajstić information content (AvgIpc) is 3.14. The van der Waals surface area contributed by atoms with Gasteiger partial charge in [-0.05, 0) is 36.5 Å². The van der Waals surface area contributed by atoms with Crippen molar-refractivity contribution in [1.29, 1.82) is 0 Å². The molecule has 0 amide bonds. The molecule has 1 aromatic carbocycles. The number of aryl methyl sites for hydroxylation is 1. The number of amidine groups is 1. The first-order chi connectivity index (χ1) is 14.9. The van der Waals surface area contributed by atoms with E-state index in [1.165, 1.54) is 30.4 Å². The molecule has 0 aliphatic carbocycles. The summed E-state index contributed by atoms with van der Waals surface area (Å²) in [6.45, 7) is 6.58. The minimum absolute atomic E-state index is 0.222. The summed E-state index contributed by atoms with van der Waals surface area (Å²) in [6.07, 6.45) is 6.67. The van der Waals surface area contributed by atoms with Crippen molar-refractivity contribution in [3.63, 3.8) is 0 Å². The third kappa shape index (κ3) is 6.11. The van der Waals surface area contributed by atoms with Crippen molar-refractivity contribution < 1.29 is 28.8 Å². The summed E-state index contributed by atoms with van der Waals surface area (Å²) in [5.74, 6) is -1.28. The third-order valence-corrected chi connectivity index (χ3v) is 5.34. The number of hydrogen-bond acceptors (Lipinski definition) is 7. The molecule has 2 bridgehead atoms. The van der Waals surface area contributed by atoms with E-state index in [4.69, 9.17) is 24.1 Å². The van der Waals surface area contributed by atoms with Crippen LogP contribution in [0, 0.1) is 0 Å².